The van der Waals surface area contributed by atoms with Crippen molar-refractivity contribution < 1.29 is 9.59 Å². The van der Waals surface area contributed by atoms with E-state index < -0.39 is 11.3 Å². The van der Waals surface area contributed by atoms with Gasteiger partial charge in [-0.1, -0.05) is 24.6 Å². The van der Waals surface area contributed by atoms with Gasteiger partial charge in [0.25, 0.3) is 0 Å². The smallest absolute Gasteiger partial charge is 0.321 e. The number of rotatable bonds is 4. The van der Waals surface area contributed by atoms with Crippen molar-refractivity contribution in [3.8, 4) is 0 Å². The van der Waals surface area contributed by atoms with E-state index in [9.17, 15) is 9.59 Å². The molecule has 1 atom stereocenters. The average molecular weight is 367 g/mol. The molecule has 25 heavy (non-hydrogen) atoms. The number of imide groups is 1. The lowest BCUT2D eigenvalue weighted by molar-refractivity contribution is -0.119. The van der Waals surface area contributed by atoms with E-state index in [1.807, 2.05) is 34.6 Å². The Kier molecular flexibility index (Phi) is 6.19. The molecule has 0 radical (unpaired) electrons. The van der Waals surface area contributed by atoms with Crippen LogP contribution in [0.3, 0.4) is 0 Å². The Hall–Kier alpha value is -1.50. The summed E-state index contributed by atoms with van der Waals surface area (Å²) in [5.41, 5.74) is 1.80. The Morgan fingerprint density at radius 2 is 1.84 bits per heavy atom. The first-order chi connectivity index (χ1) is 11.6. The Labute approximate surface area is 154 Å². The van der Waals surface area contributed by atoms with Crippen LogP contribution in [0.25, 0.3) is 0 Å². The van der Waals surface area contributed by atoms with Crippen molar-refractivity contribution in [2.75, 3.05) is 0 Å². The molecule has 0 aromatic carbocycles. The molecule has 0 aliphatic heterocycles. The third-order valence-corrected chi connectivity index (χ3v) is 5.49. The van der Waals surface area contributed by atoms with E-state index in [4.69, 9.17) is 0 Å². The van der Waals surface area contributed by atoms with Gasteiger partial charge in [0.1, 0.15) is 0 Å². The number of hydrogen-bond acceptors (Lipinski definition) is 4. The van der Waals surface area contributed by atoms with Crippen LogP contribution < -0.4 is 10.6 Å². The monoisotopic (exact) mass is 366 g/mol. The molecule has 1 aliphatic carbocycles. The predicted molar refractivity (Wildman–Crippen MR) is 101 cm³/mol. The summed E-state index contributed by atoms with van der Waals surface area (Å²) in [6, 6.07) is 0.0135. The van der Waals surface area contributed by atoms with Gasteiger partial charge in [-0.2, -0.15) is 0 Å². The fourth-order valence-corrected chi connectivity index (χ4v) is 4.14. The third kappa shape index (κ3) is 5.23. The minimum absolute atomic E-state index is 0.303. The molecule has 0 saturated heterocycles. The standard InChI is InChI=1S/C18H30N4O2S/c1-11-12(2)22(14-9-7-8-10-14)17(19-11)25-13(3)15(23)20-16(24)21-18(4,5)6/h13-14H,7-10H2,1-6H3,(H2,20,21,23,24)/t13-/m1/s1. The Bertz CT molecular complexity index is 642. The predicted octanol–water partition coefficient (Wildman–Crippen LogP) is 3.72. The molecule has 2 N–H and O–H groups in total. The van der Waals surface area contributed by atoms with Crippen molar-refractivity contribution >= 4 is 23.7 Å². The summed E-state index contributed by atoms with van der Waals surface area (Å²) in [6.45, 7) is 11.5. The van der Waals surface area contributed by atoms with Crippen LogP contribution in [0.4, 0.5) is 4.79 Å². The zero-order chi connectivity index (χ0) is 18.8. The van der Waals surface area contributed by atoms with E-state index in [2.05, 4.69) is 27.1 Å². The van der Waals surface area contributed by atoms with Gasteiger partial charge in [0, 0.05) is 17.3 Å². The van der Waals surface area contributed by atoms with E-state index >= 15 is 0 Å². The fraction of sp³-hybridized carbons (Fsp3) is 0.722. The minimum Gasteiger partial charge on any atom is -0.333 e. The molecule has 1 aromatic heterocycles. The molecule has 1 aliphatic rings. The van der Waals surface area contributed by atoms with Crippen molar-refractivity contribution in [1.29, 1.82) is 0 Å². The molecule has 1 aromatic rings. The molecule has 6 nitrogen and oxygen atoms in total. The second-order valence-corrected chi connectivity index (χ2v) is 9.13. The van der Waals surface area contributed by atoms with Crippen LogP contribution in [0, 0.1) is 13.8 Å². The number of nitrogens with zero attached hydrogens (tertiary/aromatic N) is 2. The van der Waals surface area contributed by atoms with E-state index in [0.717, 1.165) is 10.9 Å². The van der Waals surface area contributed by atoms with Crippen LogP contribution in [0.2, 0.25) is 0 Å². The lowest BCUT2D eigenvalue weighted by Gasteiger charge is -2.21. The summed E-state index contributed by atoms with van der Waals surface area (Å²) in [6.07, 6.45) is 4.82. The largest absolute Gasteiger partial charge is 0.333 e. The second-order valence-electron chi connectivity index (χ2n) is 7.83. The van der Waals surface area contributed by atoms with Crippen LogP contribution >= 0.6 is 11.8 Å². The molecule has 0 bridgehead atoms. The Balaban J connectivity index is 2.05. The van der Waals surface area contributed by atoms with Crippen molar-refractivity contribution in [1.82, 2.24) is 20.2 Å². The van der Waals surface area contributed by atoms with Gasteiger partial charge in [0.15, 0.2) is 5.16 Å². The highest BCUT2D eigenvalue weighted by Crippen LogP contribution is 2.36. The van der Waals surface area contributed by atoms with Gasteiger partial charge in [0.05, 0.1) is 10.9 Å². The highest BCUT2D eigenvalue weighted by atomic mass is 32.2. The van der Waals surface area contributed by atoms with Crippen molar-refractivity contribution in [2.24, 2.45) is 0 Å². The van der Waals surface area contributed by atoms with Crippen LogP contribution in [-0.4, -0.2) is 32.3 Å². The molecule has 1 fully saturated rings. The summed E-state index contributed by atoms with van der Waals surface area (Å²) in [5.74, 6) is -0.303. The normalized spacial score (nSPS) is 16.7. The number of urea groups is 1. The number of aryl methyl sites for hydroxylation is 1. The van der Waals surface area contributed by atoms with Crippen molar-refractivity contribution in [2.45, 2.75) is 89.2 Å². The van der Waals surface area contributed by atoms with Crippen LogP contribution in [0.15, 0.2) is 5.16 Å². The highest BCUT2D eigenvalue weighted by molar-refractivity contribution is 8.00. The van der Waals surface area contributed by atoms with E-state index in [-0.39, 0.29) is 11.4 Å². The summed E-state index contributed by atoms with van der Waals surface area (Å²) in [4.78, 5) is 28.9. The van der Waals surface area contributed by atoms with Gasteiger partial charge in [-0.3, -0.25) is 10.1 Å². The Morgan fingerprint density at radius 3 is 2.40 bits per heavy atom. The topological polar surface area (TPSA) is 76.0 Å². The van der Waals surface area contributed by atoms with Crippen LogP contribution in [0.1, 0.15) is 70.8 Å². The fourth-order valence-electron chi connectivity index (χ4n) is 3.07. The molecule has 140 valence electrons. The quantitative estimate of drug-likeness (QED) is 0.796. The number of nitrogens with one attached hydrogen (secondary N) is 2. The molecular formula is C18H30N4O2S. The van der Waals surface area contributed by atoms with Gasteiger partial charge in [-0.25, -0.2) is 9.78 Å². The third-order valence-electron chi connectivity index (χ3n) is 4.42. The lowest BCUT2D eigenvalue weighted by Crippen LogP contribution is -2.49. The SMILES string of the molecule is Cc1nc(S[C@H](C)C(=O)NC(=O)NC(C)(C)C)n(C2CCCC2)c1C. The molecule has 7 heteroatoms. The van der Waals surface area contributed by atoms with Gasteiger partial charge in [-0.15, -0.1) is 0 Å². The molecule has 1 saturated carbocycles. The molecular weight excluding hydrogens is 336 g/mol. The first kappa shape index (κ1) is 19.8. The summed E-state index contributed by atoms with van der Waals surface area (Å²) in [5, 5.41) is 5.64. The number of imidazole rings is 1. The number of thioether (sulfide) groups is 1. The maximum Gasteiger partial charge on any atom is 0.321 e. The van der Waals surface area contributed by atoms with Gasteiger partial charge in [0.2, 0.25) is 5.91 Å². The van der Waals surface area contributed by atoms with E-state index in [1.165, 1.54) is 43.1 Å². The zero-order valence-corrected chi connectivity index (χ0v) is 16.9. The van der Waals surface area contributed by atoms with Gasteiger partial charge in [-0.05, 0) is 54.4 Å². The molecule has 1 heterocycles. The van der Waals surface area contributed by atoms with Gasteiger partial charge >= 0.3 is 6.03 Å². The molecule has 2 rings (SSSR count). The highest BCUT2D eigenvalue weighted by Gasteiger charge is 2.26. The van der Waals surface area contributed by atoms with E-state index in [1.54, 1.807) is 0 Å². The number of carbonyl (C=O) groups is 2. The van der Waals surface area contributed by atoms with Crippen LogP contribution in [0.5, 0.6) is 0 Å². The van der Waals surface area contributed by atoms with E-state index in [0.29, 0.717) is 6.04 Å². The number of carbonyl (C=O) groups excluding carboxylic acids is 2. The van der Waals surface area contributed by atoms with Gasteiger partial charge < -0.3 is 9.88 Å². The first-order valence-electron chi connectivity index (χ1n) is 8.93. The first-order valence-corrected chi connectivity index (χ1v) is 9.81. The zero-order valence-electron chi connectivity index (χ0n) is 16.1. The number of hydrogen-bond donors (Lipinski definition) is 2. The van der Waals surface area contributed by atoms with Crippen molar-refractivity contribution in [3.05, 3.63) is 11.4 Å². The number of amides is 3. The van der Waals surface area contributed by atoms with Crippen molar-refractivity contribution in [3.63, 3.8) is 0 Å². The maximum absolute atomic E-state index is 12.3. The summed E-state index contributed by atoms with van der Waals surface area (Å²) < 4.78 is 2.28. The summed E-state index contributed by atoms with van der Waals surface area (Å²) in [7, 11) is 0. The second kappa shape index (κ2) is 7.81. The molecule has 3 amide bonds. The summed E-state index contributed by atoms with van der Waals surface area (Å²) >= 11 is 1.42. The molecule has 0 spiro atoms. The Morgan fingerprint density at radius 1 is 1.24 bits per heavy atom. The average Bonchev–Trinajstić information content (AvgIpc) is 3.06. The number of aromatic nitrogens is 2. The maximum atomic E-state index is 12.3. The minimum atomic E-state index is -0.462. The molecule has 0 unspecified atom stereocenters. The lowest BCUT2D eigenvalue weighted by atomic mass is 10.1. The van der Waals surface area contributed by atoms with Crippen LogP contribution in [-0.2, 0) is 4.79 Å².